The molecule has 1 aromatic carbocycles. The molecule has 1 heterocycles. The molecule has 0 bridgehead atoms. The third-order valence-electron chi connectivity index (χ3n) is 2.59. The lowest BCUT2D eigenvalue weighted by molar-refractivity contribution is 0.691. The standard InChI is InChI=1S/C14H17N3/c15-9-14-8-13(6-7-17-14)11-16-10-12-4-2-1-3-5-12/h1-8,16H,9-11,15H2. The summed E-state index contributed by atoms with van der Waals surface area (Å²) in [5.74, 6) is 0. The number of nitrogens with zero attached hydrogens (tertiary/aromatic N) is 1. The minimum Gasteiger partial charge on any atom is -0.325 e. The maximum Gasteiger partial charge on any atom is 0.0542 e. The number of rotatable bonds is 5. The number of hydrogen-bond acceptors (Lipinski definition) is 3. The van der Waals surface area contributed by atoms with Crippen molar-refractivity contribution < 1.29 is 0 Å². The van der Waals surface area contributed by atoms with Crippen LogP contribution in [-0.4, -0.2) is 4.98 Å². The highest BCUT2D eigenvalue weighted by molar-refractivity contribution is 5.17. The molecule has 0 aliphatic carbocycles. The Kier molecular flexibility index (Phi) is 4.24. The molecule has 0 saturated heterocycles. The molecular weight excluding hydrogens is 210 g/mol. The largest absolute Gasteiger partial charge is 0.325 e. The number of hydrogen-bond donors (Lipinski definition) is 2. The van der Waals surface area contributed by atoms with Gasteiger partial charge in [0.1, 0.15) is 0 Å². The van der Waals surface area contributed by atoms with Gasteiger partial charge in [-0.15, -0.1) is 0 Å². The Morgan fingerprint density at radius 1 is 1.00 bits per heavy atom. The number of benzene rings is 1. The third kappa shape index (κ3) is 3.66. The molecule has 1 aromatic heterocycles. The van der Waals surface area contributed by atoms with Crippen LogP contribution in [0.1, 0.15) is 16.8 Å². The fourth-order valence-electron chi connectivity index (χ4n) is 1.70. The quantitative estimate of drug-likeness (QED) is 0.819. The summed E-state index contributed by atoms with van der Waals surface area (Å²) in [5.41, 5.74) is 9.00. The average Bonchev–Trinajstić information content (AvgIpc) is 2.40. The average molecular weight is 227 g/mol. The Bertz CT molecular complexity index is 454. The van der Waals surface area contributed by atoms with Crippen molar-refractivity contribution in [3.8, 4) is 0 Å². The highest BCUT2D eigenvalue weighted by atomic mass is 14.8. The van der Waals surface area contributed by atoms with Crippen molar-refractivity contribution in [3.05, 3.63) is 65.5 Å². The predicted octanol–water partition coefficient (Wildman–Crippen LogP) is 1.83. The number of aromatic nitrogens is 1. The smallest absolute Gasteiger partial charge is 0.0542 e. The second-order valence-electron chi connectivity index (χ2n) is 3.95. The fraction of sp³-hybridized carbons (Fsp3) is 0.214. The maximum atomic E-state index is 5.56. The van der Waals surface area contributed by atoms with Gasteiger partial charge in [-0.3, -0.25) is 4.98 Å². The highest BCUT2D eigenvalue weighted by Crippen LogP contribution is 2.02. The molecule has 2 rings (SSSR count). The molecule has 0 atom stereocenters. The van der Waals surface area contributed by atoms with Gasteiger partial charge < -0.3 is 11.1 Å². The zero-order chi connectivity index (χ0) is 11.9. The Labute approximate surface area is 102 Å². The van der Waals surface area contributed by atoms with E-state index in [0.717, 1.165) is 18.8 Å². The van der Waals surface area contributed by atoms with Crippen LogP contribution in [0.15, 0.2) is 48.7 Å². The fourth-order valence-corrected chi connectivity index (χ4v) is 1.70. The molecule has 0 radical (unpaired) electrons. The van der Waals surface area contributed by atoms with Gasteiger partial charge in [0.05, 0.1) is 5.69 Å². The first-order valence-electron chi connectivity index (χ1n) is 5.77. The van der Waals surface area contributed by atoms with Gasteiger partial charge in [0.15, 0.2) is 0 Å². The van der Waals surface area contributed by atoms with Crippen LogP contribution in [0.2, 0.25) is 0 Å². The van der Waals surface area contributed by atoms with Crippen LogP contribution in [0.25, 0.3) is 0 Å². The topological polar surface area (TPSA) is 50.9 Å². The van der Waals surface area contributed by atoms with Crippen molar-refractivity contribution in [3.63, 3.8) is 0 Å². The van der Waals surface area contributed by atoms with Gasteiger partial charge in [-0.25, -0.2) is 0 Å². The van der Waals surface area contributed by atoms with Crippen LogP contribution in [0.4, 0.5) is 0 Å². The van der Waals surface area contributed by atoms with Crippen molar-refractivity contribution in [1.82, 2.24) is 10.3 Å². The molecule has 3 nitrogen and oxygen atoms in total. The summed E-state index contributed by atoms with van der Waals surface area (Å²) in [6.45, 7) is 2.21. The summed E-state index contributed by atoms with van der Waals surface area (Å²) in [7, 11) is 0. The van der Waals surface area contributed by atoms with Gasteiger partial charge in [-0.2, -0.15) is 0 Å². The van der Waals surface area contributed by atoms with E-state index in [0.29, 0.717) is 6.54 Å². The van der Waals surface area contributed by atoms with E-state index in [1.165, 1.54) is 11.1 Å². The van der Waals surface area contributed by atoms with Crippen LogP contribution >= 0.6 is 0 Å². The molecule has 88 valence electrons. The maximum absolute atomic E-state index is 5.56. The minimum absolute atomic E-state index is 0.493. The molecule has 0 aliphatic rings. The van der Waals surface area contributed by atoms with Crippen molar-refractivity contribution in [2.24, 2.45) is 5.73 Å². The Balaban J connectivity index is 1.86. The Morgan fingerprint density at radius 3 is 2.53 bits per heavy atom. The highest BCUT2D eigenvalue weighted by Gasteiger charge is 1.96. The third-order valence-corrected chi connectivity index (χ3v) is 2.59. The van der Waals surface area contributed by atoms with Crippen LogP contribution in [0.5, 0.6) is 0 Å². The van der Waals surface area contributed by atoms with E-state index in [1.54, 1.807) is 0 Å². The molecule has 0 spiro atoms. The van der Waals surface area contributed by atoms with Crippen molar-refractivity contribution >= 4 is 0 Å². The predicted molar refractivity (Wildman–Crippen MR) is 69.1 cm³/mol. The van der Waals surface area contributed by atoms with Gasteiger partial charge in [0.2, 0.25) is 0 Å². The molecule has 0 aliphatic heterocycles. The van der Waals surface area contributed by atoms with E-state index in [1.807, 2.05) is 24.4 Å². The SMILES string of the molecule is NCc1cc(CNCc2ccccc2)ccn1. The van der Waals surface area contributed by atoms with Crippen molar-refractivity contribution in [2.45, 2.75) is 19.6 Å². The normalized spacial score (nSPS) is 10.4. The lowest BCUT2D eigenvalue weighted by atomic mass is 10.2. The zero-order valence-electron chi connectivity index (χ0n) is 9.76. The molecule has 0 fully saturated rings. The number of nitrogens with two attached hydrogens (primary N) is 1. The lowest BCUT2D eigenvalue weighted by Gasteiger charge is -2.06. The summed E-state index contributed by atoms with van der Waals surface area (Å²) in [6, 6.07) is 14.4. The van der Waals surface area contributed by atoms with E-state index in [2.05, 4.69) is 34.6 Å². The van der Waals surface area contributed by atoms with Crippen LogP contribution in [-0.2, 0) is 19.6 Å². The van der Waals surface area contributed by atoms with Crippen molar-refractivity contribution in [2.75, 3.05) is 0 Å². The summed E-state index contributed by atoms with van der Waals surface area (Å²) in [6.07, 6.45) is 1.81. The monoisotopic (exact) mass is 227 g/mol. The van der Waals surface area contributed by atoms with Gasteiger partial charge in [-0.05, 0) is 23.3 Å². The first-order valence-corrected chi connectivity index (χ1v) is 5.77. The molecule has 0 unspecified atom stereocenters. The van der Waals surface area contributed by atoms with Crippen molar-refractivity contribution in [1.29, 1.82) is 0 Å². The first kappa shape index (κ1) is 11.8. The summed E-state index contributed by atoms with van der Waals surface area (Å²) < 4.78 is 0. The summed E-state index contributed by atoms with van der Waals surface area (Å²) >= 11 is 0. The zero-order valence-corrected chi connectivity index (χ0v) is 9.76. The van der Waals surface area contributed by atoms with Gasteiger partial charge >= 0.3 is 0 Å². The second kappa shape index (κ2) is 6.13. The molecule has 3 heteroatoms. The van der Waals surface area contributed by atoms with E-state index in [-0.39, 0.29) is 0 Å². The summed E-state index contributed by atoms with van der Waals surface area (Å²) in [4.78, 5) is 4.17. The molecular formula is C14H17N3. The summed E-state index contributed by atoms with van der Waals surface area (Å²) in [5, 5.41) is 3.40. The van der Waals surface area contributed by atoms with E-state index in [9.17, 15) is 0 Å². The Morgan fingerprint density at radius 2 is 1.76 bits per heavy atom. The molecule has 2 aromatic rings. The first-order chi connectivity index (χ1) is 8.38. The number of pyridine rings is 1. The van der Waals surface area contributed by atoms with Crippen LogP contribution < -0.4 is 11.1 Å². The molecule has 0 saturated carbocycles. The lowest BCUT2D eigenvalue weighted by Crippen LogP contribution is -2.13. The van der Waals surface area contributed by atoms with Gasteiger partial charge in [0.25, 0.3) is 0 Å². The molecule has 17 heavy (non-hydrogen) atoms. The van der Waals surface area contributed by atoms with E-state index >= 15 is 0 Å². The minimum atomic E-state index is 0.493. The van der Waals surface area contributed by atoms with E-state index < -0.39 is 0 Å². The molecule has 3 N–H and O–H groups in total. The van der Waals surface area contributed by atoms with Crippen LogP contribution in [0.3, 0.4) is 0 Å². The molecule has 0 amide bonds. The van der Waals surface area contributed by atoms with Gasteiger partial charge in [-0.1, -0.05) is 30.3 Å². The Hall–Kier alpha value is -1.71. The van der Waals surface area contributed by atoms with Crippen LogP contribution in [0, 0.1) is 0 Å². The van der Waals surface area contributed by atoms with Gasteiger partial charge in [0, 0.05) is 25.8 Å². The van der Waals surface area contributed by atoms with E-state index in [4.69, 9.17) is 5.73 Å². The number of nitrogens with one attached hydrogen (secondary N) is 1. The second-order valence-corrected chi connectivity index (χ2v) is 3.95.